The fourth-order valence-electron chi connectivity index (χ4n) is 0. The van der Waals surface area contributed by atoms with Gasteiger partial charge in [-0.3, -0.25) is 0 Å². The zero-order chi connectivity index (χ0) is 2.00. The fourth-order valence-corrected chi connectivity index (χ4v) is 0. The maximum atomic E-state index is 8.06. The Kier molecular flexibility index (Phi) is 164. The van der Waals surface area contributed by atoms with Gasteiger partial charge in [0.05, 0.1) is 0 Å². The van der Waals surface area contributed by atoms with Gasteiger partial charge in [0.2, 0.25) is 0 Å². The van der Waals surface area contributed by atoms with Crippen molar-refractivity contribution in [2.45, 2.75) is 0 Å². The van der Waals surface area contributed by atoms with E-state index in [4.69, 9.17) is 3.83 Å². The Morgan fingerprint density at radius 1 is 1.25 bits per heavy atom. The van der Waals surface area contributed by atoms with Crippen molar-refractivity contribution < 1.29 is 19.8 Å². The second-order valence-electron chi connectivity index (χ2n) is 0. The Morgan fingerprint density at radius 3 is 1.25 bits per heavy atom. The molecule has 0 aliphatic rings. The molecule has 0 saturated heterocycles. The molecule has 0 spiro atoms. The summed E-state index contributed by atoms with van der Waals surface area (Å²) >= 11 is 1.69. The van der Waals surface area contributed by atoms with E-state index in [0.29, 0.717) is 0 Å². The molecular formula is H7AlMnOSi. The molecule has 0 aliphatic carbocycles. The Hall–Kier alpha value is 1.07. The molecule has 0 aliphatic heterocycles. The summed E-state index contributed by atoms with van der Waals surface area (Å²) in [5, 5.41) is 0. The van der Waals surface area contributed by atoms with Gasteiger partial charge in [-0.15, -0.1) is 0 Å². The molecule has 0 radical (unpaired) electrons. The fraction of sp³-hybridized carbons (Fsp3) is 0. The molecule has 0 amide bonds. The van der Waals surface area contributed by atoms with Gasteiger partial charge in [0.1, 0.15) is 0 Å². The monoisotopic (exact) mass is 133 g/mol. The van der Waals surface area contributed by atoms with Crippen LogP contribution in [0.15, 0.2) is 0 Å². The summed E-state index contributed by atoms with van der Waals surface area (Å²) in [7, 11) is 0. The van der Waals surface area contributed by atoms with Crippen LogP contribution < -0.4 is 0 Å². The average molecular weight is 133 g/mol. The minimum absolute atomic E-state index is 0. The predicted molar refractivity (Wildman–Crippen MR) is 22.0 cm³/mol. The van der Waals surface area contributed by atoms with Crippen LogP contribution >= 0.6 is 0 Å². The molecule has 0 bridgehead atoms. The predicted octanol–water partition coefficient (Wildman–Crippen LogP) is -2.76. The summed E-state index contributed by atoms with van der Waals surface area (Å²) in [4.78, 5) is 0. The van der Waals surface area contributed by atoms with Crippen LogP contribution in [0.25, 0.3) is 0 Å². The van der Waals surface area contributed by atoms with Gasteiger partial charge < -0.3 is 0 Å². The first-order valence-corrected chi connectivity index (χ1v) is 0.636. The number of hydrogen-bond donors (Lipinski definition) is 0. The van der Waals surface area contributed by atoms with E-state index in [-0.39, 0.29) is 28.3 Å². The molecule has 0 aromatic heterocycles. The average Bonchev–Trinajstić information content (AvgIpc) is 1.00. The zero-order valence-corrected chi connectivity index (χ0v) is 1.97. The molecule has 0 aromatic carbocycles. The van der Waals surface area contributed by atoms with Crippen LogP contribution in [0.4, 0.5) is 0 Å². The third-order valence-electron chi connectivity index (χ3n) is 0. The molecule has 4 heavy (non-hydrogen) atoms. The third-order valence-corrected chi connectivity index (χ3v) is 0. The van der Waals surface area contributed by atoms with Crippen molar-refractivity contribution in [1.82, 2.24) is 0 Å². The summed E-state index contributed by atoms with van der Waals surface area (Å²) < 4.78 is 8.06. The Labute approximate surface area is 48.3 Å². The maximum absolute atomic E-state index is 8.06. The second-order valence-corrected chi connectivity index (χ2v) is 0. The molecule has 0 unspecified atom stereocenters. The van der Waals surface area contributed by atoms with Crippen molar-refractivity contribution in [3.05, 3.63) is 0 Å². The van der Waals surface area contributed by atoms with Gasteiger partial charge in [-0.25, -0.2) is 0 Å². The van der Waals surface area contributed by atoms with Crippen molar-refractivity contribution >= 4 is 28.3 Å². The van der Waals surface area contributed by atoms with Crippen LogP contribution in [-0.4, -0.2) is 28.3 Å². The third kappa shape index (κ3) is 11.5. The van der Waals surface area contributed by atoms with Crippen molar-refractivity contribution in [3.8, 4) is 0 Å². The van der Waals surface area contributed by atoms with Gasteiger partial charge in [0.25, 0.3) is 0 Å². The van der Waals surface area contributed by atoms with Crippen LogP contribution in [0.2, 0.25) is 0 Å². The maximum Gasteiger partial charge on any atom is -0.0149 e. The van der Waals surface area contributed by atoms with Gasteiger partial charge in [0.15, 0.2) is 17.4 Å². The van der Waals surface area contributed by atoms with Crippen LogP contribution in [0.5, 0.6) is 0 Å². The minimum Gasteiger partial charge on any atom is -0.0149 e. The van der Waals surface area contributed by atoms with Crippen LogP contribution in [0, 0.1) is 0 Å². The minimum atomic E-state index is 0. The van der Waals surface area contributed by atoms with Crippen molar-refractivity contribution in [2.24, 2.45) is 0 Å². The van der Waals surface area contributed by atoms with E-state index in [1.807, 2.05) is 0 Å². The van der Waals surface area contributed by atoms with Crippen LogP contribution in [0.1, 0.15) is 0 Å². The SMILES string of the molecule is [AlH3].[O]=[Mn].[SiH4]. The molecule has 0 saturated carbocycles. The topological polar surface area (TPSA) is 17.1 Å². The largest absolute Gasteiger partial charge is 0.0149 e. The van der Waals surface area contributed by atoms with E-state index in [2.05, 4.69) is 0 Å². The molecule has 4 heteroatoms. The van der Waals surface area contributed by atoms with Crippen molar-refractivity contribution in [3.63, 3.8) is 0 Å². The first kappa shape index (κ1) is 19.6. The first-order valence-electron chi connectivity index (χ1n) is 0.154. The number of rotatable bonds is 0. The van der Waals surface area contributed by atoms with E-state index in [9.17, 15) is 0 Å². The normalized spacial score (nSPS) is 1.00. The summed E-state index contributed by atoms with van der Waals surface area (Å²) in [6, 6.07) is 0. The van der Waals surface area contributed by atoms with E-state index in [0.717, 1.165) is 0 Å². The summed E-state index contributed by atoms with van der Waals surface area (Å²) in [6.07, 6.45) is 0. The van der Waals surface area contributed by atoms with Gasteiger partial charge in [-0.1, -0.05) is 0 Å². The molecule has 0 N–H and O–H groups in total. The molecule has 0 heterocycles. The van der Waals surface area contributed by atoms with Gasteiger partial charge >= 0.3 is 19.8 Å². The number of hydrogen-bond acceptors (Lipinski definition) is 1. The quantitative estimate of drug-likeness (QED) is 0.327. The van der Waals surface area contributed by atoms with E-state index in [1.54, 1.807) is 15.9 Å². The smallest absolute Gasteiger partial charge is 0.0149 e. The zero-order valence-electron chi connectivity index (χ0n) is 0.786. The van der Waals surface area contributed by atoms with E-state index < -0.39 is 0 Å². The Balaban J connectivity index is -0.00000000500. The van der Waals surface area contributed by atoms with E-state index in [1.165, 1.54) is 0 Å². The van der Waals surface area contributed by atoms with Gasteiger partial charge in [-0.05, 0) is 11.0 Å². The van der Waals surface area contributed by atoms with Gasteiger partial charge in [-0.2, -0.15) is 0 Å². The van der Waals surface area contributed by atoms with Gasteiger partial charge in [0, 0.05) is 0 Å². The summed E-state index contributed by atoms with van der Waals surface area (Å²) in [6.45, 7) is 0. The molecule has 27 valence electrons. The summed E-state index contributed by atoms with van der Waals surface area (Å²) in [5.74, 6) is 0. The second kappa shape index (κ2) is 33.5. The first-order chi connectivity index (χ1) is 1.00. The van der Waals surface area contributed by atoms with E-state index >= 15 is 0 Å². The Morgan fingerprint density at radius 2 is 1.25 bits per heavy atom. The molecule has 0 rings (SSSR count). The molecule has 0 aromatic rings. The van der Waals surface area contributed by atoms with Crippen molar-refractivity contribution in [1.29, 1.82) is 0 Å². The van der Waals surface area contributed by atoms with Crippen LogP contribution in [-0.2, 0) is 19.8 Å². The molecular weight excluding hydrogens is 126 g/mol. The Bertz CT molecular complexity index is 8.00. The molecule has 0 fully saturated rings. The standard InChI is InChI=1S/Al.Mn.O.H4Si.3H/h;;;1H4;;;. The van der Waals surface area contributed by atoms with Crippen molar-refractivity contribution in [2.75, 3.05) is 0 Å². The molecule has 1 nitrogen and oxygen atoms in total. The summed E-state index contributed by atoms with van der Waals surface area (Å²) in [5.41, 5.74) is 0. The van der Waals surface area contributed by atoms with Crippen LogP contribution in [0.3, 0.4) is 0 Å². The molecule has 0 atom stereocenters.